The summed E-state index contributed by atoms with van der Waals surface area (Å²) in [4.78, 5) is 22.7. The number of fused-ring (bicyclic) bond motifs is 2. The number of aromatic nitrogens is 2. The van der Waals surface area contributed by atoms with Gasteiger partial charge in [-0.1, -0.05) is 50.5 Å². The molecule has 0 radical (unpaired) electrons. The maximum atomic E-state index is 13.3. The highest BCUT2D eigenvalue weighted by Crippen LogP contribution is 2.53. The van der Waals surface area contributed by atoms with Crippen LogP contribution in [0.15, 0.2) is 54.7 Å². The number of carbonyl (C=O) groups is 1. The first-order chi connectivity index (χ1) is 17.4. The molecule has 0 spiro atoms. The molecule has 1 heterocycles. The molecule has 2 bridgehead atoms. The van der Waals surface area contributed by atoms with Gasteiger partial charge in [0.25, 0.3) is 0 Å². The molecular weight excluding hydrogens is 451 g/mol. The van der Waals surface area contributed by atoms with Gasteiger partial charge in [0.15, 0.2) is 5.82 Å². The predicted molar refractivity (Wildman–Crippen MR) is 142 cm³/mol. The number of hydrogen-bond donors (Lipinski definition) is 2. The Bertz CT molecular complexity index is 1210. The van der Waals surface area contributed by atoms with Gasteiger partial charge in [-0.05, 0) is 79.2 Å². The average Bonchev–Trinajstić information content (AvgIpc) is 2.86. The summed E-state index contributed by atoms with van der Waals surface area (Å²) in [6.07, 6.45) is 11.5. The largest absolute Gasteiger partial charge is 0.399 e. The van der Waals surface area contributed by atoms with Gasteiger partial charge in [-0.25, -0.2) is 14.4 Å². The minimum Gasteiger partial charge on any atom is -0.399 e. The molecule has 6 heteroatoms. The van der Waals surface area contributed by atoms with Gasteiger partial charge in [0.2, 0.25) is 5.91 Å². The van der Waals surface area contributed by atoms with Crippen molar-refractivity contribution in [2.24, 2.45) is 17.3 Å². The number of benzene rings is 2. The molecule has 0 aliphatic heterocycles. The lowest BCUT2D eigenvalue weighted by Gasteiger charge is -2.48. The smallest absolute Gasteiger partial charge is 0.229 e. The molecule has 3 N–H and O–H groups in total. The van der Waals surface area contributed by atoms with E-state index in [0.29, 0.717) is 11.5 Å². The van der Waals surface area contributed by atoms with Crippen LogP contribution < -0.4 is 11.1 Å². The normalized spacial score (nSPS) is 23.3. The molecule has 0 saturated heterocycles. The van der Waals surface area contributed by atoms with Crippen molar-refractivity contribution < 1.29 is 9.18 Å². The van der Waals surface area contributed by atoms with Crippen LogP contribution in [0, 0.1) is 23.1 Å². The lowest BCUT2D eigenvalue weighted by atomic mass is 9.57. The number of hydrogen-bond acceptors (Lipinski definition) is 4. The number of carbonyl (C=O) groups excluding carboxylic acids is 1. The van der Waals surface area contributed by atoms with Crippen molar-refractivity contribution in [1.29, 1.82) is 0 Å². The van der Waals surface area contributed by atoms with Gasteiger partial charge in [-0.2, -0.15) is 0 Å². The molecule has 5 rings (SSSR count). The highest BCUT2D eigenvalue weighted by Gasteiger charge is 2.43. The minimum atomic E-state index is -0.312. The van der Waals surface area contributed by atoms with E-state index < -0.39 is 0 Å². The molecule has 1 aromatic heterocycles. The summed E-state index contributed by atoms with van der Waals surface area (Å²) in [5, 5.41) is 3.02. The molecule has 36 heavy (non-hydrogen) atoms. The quantitative estimate of drug-likeness (QED) is 0.369. The number of halogens is 1. The SMILES string of the molecule is CCC1CC2CCCC(Cc3nc(-c4ccc(N)cc4)cnc3NC(=O)Cc3ccc(F)cc3)(C1)C2. The fourth-order valence-electron chi connectivity index (χ4n) is 6.45. The van der Waals surface area contributed by atoms with Crippen LogP contribution >= 0.6 is 0 Å². The fraction of sp³-hybridized carbons (Fsp3) is 0.433. The van der Waals surface area contributed by atoms with Crippen molar-refractivity contribution in [1.82, 2.24) is 9.97 Å². The van der Waals surface area contributed by atoms with Crippen LogP contribution in [0.2, 0.25) is 0 Å². The van der Waals surface area contributed by atoms with Gasteiger partial charge in [0.1, 0.15) is 5.82 Å². The monoisotopic (exact) mass is 486 g/mol. The van der Waals surface area contributed by atoms with Gasteiger partial charge in [0, 0.05) is 11.3 Å². The van der Waals surface area contributed by atoms with Crippen LogP contribution in [0.3, 0.4) is 0 Å². The number of nitrogens with one attached hydrogen (secondary N) is 1. The van der Waals surface area contributed by atoms with Crippen molar-refractivity contribution >= 4 is 17.4 Å². The Balaban J connectivity index is 1.44. The first-order valence-corrected chi connectivity index (χ1v) is 13.2. The van der Waals surface area contributed by atoms with Crippen LogP contribution in [-0.4, -0.2) is 15.9 Å². The Morgan fingerprint density at radius 1 is 1.14 bits per heavy atom. The van der Waals surface area contributed by atoms with Gasteiger partial charge in [0.05, 0.1) is 24.0 Å². The van der Waals surface area contributed by atoms with Gasteiger partial charge in [-0.15, -0.1) is 0 Å². The van der Waals surface area contributed by atoms with Crippen LogP contribution in [-0.2, 0) is 17.6 Å². The molecule has 2 aromatic carbocycles. The van der Waals surface area contributed by atoms with Crippen LogP contribution in [0.25, 0.3) is 11.3 Å². The third-order valence-electron chi connectivity index (χ3n) is 8.14. The fourth-order valence-corrected chi connectivity index (χ4v) is 6.45. The van der Waals surface area contributed by atoms with Crippen molar-refractivity contribution in [2.75, 3.05) is 11.1 Å². The summed E-state index contributed by atoms with van der Waals surface area (Å²) in [7, 11) is 0. The minimum absolute atomic E-state index is 0.159. The summed E-state index contributed by atoms with van der Waals surface area (Å²) in [5.41, 5.74) is 10.2. The predicted octanol–water partition coefficient (Wildman–Crippen LogP) is 6.59. The van der Waals surface area contributed by atoms with E-state index in [2.05, 4.69) is 12.2 Å². The van der Waals surface area contributed by atoms with E-state index in [-0.39, 0.29) is 23.6 Å². The molecule has 3 aromatic rings. The molecule has 1 amide bonds. The number of nitrogens with zero attached hydrogens (tertiary/aromatic N) is 2. The summed E-state index contributed by atoms with van der Waals surface area (Å²) in [5.74, 6) is 1.60. The summed E-state index contributed by atoms with van der Waals surface area (Å²) in [6, 6.07) is 13.7. The lowest BCUT2D eigenvalue weighted by molar-refractivity contribution is -0.115. The molecule has 3 unspecified atom stereocenters. The maximum absolute atomic E-state index is 13.3. The van der Waals surface area contributed by atoms with E-state index >= 15 is 0 Å². The van der Waals surface area contributed by atoms with Crippen LogP contribution in [0.4, 0.5) is 15.9 Å². The van der Waals surface area contributed by atoms with Gasteiger partial charge in [-0.3, -0.25) is 4.79 Å². The third kappa shape index (κ3) is 5.58. The molecule has 3 atom stereocenters. The molecule has 188 valence electrons. The van der Waals surface area contributed by atoms with E-state index in [1.54, 1.807) is 18.3 Å². The maximum Gasteiger partial charge on any atom is 0.229 e. The highest BCUT2D eigenvalue weighted by molar-refractivity contribution is 5.92. The van der Waals surface area contributed by atoms with E-state index in [0.717, 1.165) is 40.8 Å². The van der Waals surface area contributed by atoms with Crippen molar-refractivity contribution in [3.8, 4) is 11.3 Å². The second-order valence-electron chi connectivity index (χ2n) is 10.9. The number of nitrogen functional groups attached to an aromatic ring is 1. The third-order valence-corrected chi connectivity index (χ3v) is 8.14. The van der Waals surface area contributed by atoms with Crippen LogP contribution in [0.1, 0.15) is 63.1 Å². The van der Waals surface area contributed by atoms with Gasteiger partial charge >= 0.3 is 0 Å². The van der Waals surface area contributed by atoms with Crippen molar-refractivity contribution in [2.45, 2.75) is 64.7 Å². The highest BCUT2D eigenvalue weighted by atomic mass is 19.1. The second kappa shape index (κ2) is 10.4. The zero-order valence-corrected chi connectivity index (χ0v) is 21.0. The number of rotatable bonds is 7. The van der Waals surface area contributed by atoms with E-state index in [1.165, 1.54) is 57.1 Å². The molecule has 2 aliphatic rings. The Morgan fingerprint density at radius 2 is 1.92 bits per heavy atom. The number of anilines is 2. The van der Waals surface area contributed by atoms with E-state index in [4.69, 9.17) is 15.7 Å². The first-order valence-electron chi connectivity index (χ1n) is 13.2. The summed E-state index contributed by atoms with van der Waals surface area (Å²) < 4.78 is 13.3. The zero-order chi connectivity index (χ0) is 25.1. The lowest BCUT2D eigenvalue weighted by Crippen LogP contribution is -2.39. The van der Waals surface area contributed by atoms with Crippen molar-refractivity contribution in [3.05, 3.63) is 71.8 Å². The standard InChI is InChI=1S/C30H35FN4O/c1-2-20-14-22-4-3-13-30(16-20,17-22)18-26-29(35-28(36)15-21-5-9-24(31)10-6-21)33-19-27(34-26)23-7-11-25(32)12-8-23/h5-12,19-20,22H,2-4,13-18,32H2,1H3,(H,33,35,36). The average molecular weight is 487 g/mol. The summed E-state index contributed by atoms with van der Waals surface area (Å²) >= 11 is 0. The second-order valence-corrected chi connectivity index (χ2v) is 10.9. The van der Waals surface area contributed by atoms with E-state index in [1.807, 2.05) is 24.3 Å². The molecular formula is C30H35FN4O. The number of nitrogens with two attached hydrogens (primary N) is 1. The topological polar surface area (TPSA) is 80.9 Å². The Labute approximate surface area is 212 Å². The Hall–Kier alpha value is -3.28. The molecule has 5 nitrogen and oxygen atoms in total. The molecule has 2 saturated carbocycles. The van der Waals surface area contributed by atoms with Crippen molar-refractivity contribution in [3.63, 3.8) is 0 Å². The zero-order valence-electron chi connectivity index (χ0n) is 21.0. The Morgan fingerprint density at radius 3 is 2.67 bits per heavy atom. The Kier molecular flexibility index (Phi) is 7.04. The number of amides is 1. The van der Waals surface area contributed by atoms with Gasteiger partial charge < -0.3 is 11.1 Å². The molecule has 2 fully saturated rings. The van der Waals surface area contributed by atoms with Crippen LogP contribution in [0.5, 0.6) is 0 Å². The first kappa shape index (κ1) is 24.4. The van der Waals surface area contributed by atoms with E-state index in [9.17, 15) is 9.18 Å². The summed E-state index contributed by atoms with van der Waals surface area (Å²) in [6.45, 7) is 2.31. The molecule has 2 aliphatic carbocycles.